The van der Waals surface area contributed by atoms with Gasteiger partial charge in [-0.05, 0) is 80.0 Å². The molecule has 0 bridgehead atoms. The maximum Gasteiger partial charge on any atom is 0.254 e. The summed E-state index contributed by atoms with van der Waals surface area (Å²) in [5, 5.41) is 9.44. The number of amides is 1. The number of pyridine rings is 1. The number of nitrogens with zero attached hydrogens (tertiary/aromatic N) is 2. The van der Waals surface area contributed by atoms with E-state index in [4.69, 9.17) is 14.5 Å². The molecular formula is C29H32N4O3. The van der Waals surface area contributed by atoms with Crippen molar-refractivity contribution in [3.63, 3.8) is 0 Å². The number of hydrogen-bond donors (Lipinski definition) is 2. The molecule has 186 valence electrons. The normalized spacial score (nSPS) is 18.5. The zero-order valence-corrected chi connectivity index (χ0v) is 20.6. The Morgan fingerprint density at radius 3 is 2.72 bits per heavy atom. The highest BCUT2D eigenvalue weighted by Gasteiger charge is 2.19. The van der Waals surface area contributed by atoms with Crippen LogP contribution in [0.25, 0.3) is 5.57 Å². The Labute approximate surface area is 211 Å². The monoisotopic (exact) mass is 484 g/mol. The minimum Gasteiger partial charge on any atom is -0.465 e. The van der Waals surface area contributed by atoms with Gasteiger partial charge in [0.1, 0.15) is 5.75 Å². The largest absolute Gasteiger partial charge is 0.465 e. The molecule has 1 fully saturated rings. The van der Waals surface area contributed by atoms with Gasteiger partial charge in [-0.1, -0.05) is 24.3 Å². The Morgan fingerprint density at radius 2 is 2.00 bits per heavy atom. The lowest BCUT2D eigenvalue weighted by atomic mass is 9.92. The predicted octanol–water partition coefficient (Wildman–Crippen LogP) is 5.72. The molecule has 2 aromatic heterocycles. The standard InChI is InChI=1S/C29H32N4O3/c1-20(32-29(34)25-17-30-31-18-25)22-9-11-26(12-10-22)36-19-21-5-7-23(8-6-21)27-3-2-4-28(33-27)24-13-15-35-16-14-24/h2-4,7,9-12,17-20,24H,5-6,8,13-16H2,1H3,(H,30,31)(H,32,34)/b21-19-/t20-/m0/s1. The number of nitrogens with one attached hydrogen (secondary N) is 2. The number of ether oxygens (including phenoxy) is 2. The zero-order valence-electron chi connectivity index (χ0n) is 20.6. The number of H-pyrrole nitrogens is 1. The van der Waals surface area contributed by atoms with E-state index in [-0.39, 0.29) is 11.9 Å². The maximum atomic E-state index is 12.2. The molecule has 1 aliphatic heterocycles. The molecule has 0 spiro atoms. The first-order chi connectivity index (χ1) is 17.7. The Morgan fingerprint density at radius 1 is 1.17 bits per heavy atom. The third kappa shape index (κ3) is 5.91. The van der Waals surface area contributed by atoms with Crippen LogP contribution in [-0.4, -0.2) is 34.3 Å². The first-order valence-corrected chi connectivity index (χ1v) is 12.6. The van der Waals surface area contributed by atoms with Crippen molar-refractivity contribution < 1.29 is 14.3 Å². The van der Waals surface area contributed by atoms with Crippen LogP contribution in [0.3, 0.4) is 0 Å². The van der Waals surface area contributed by atoms with Crippen LogP contribution in [-0.2, 0) is 4.74 Å². The second-order valence-corrected chi connectivity index (χ2v) is 9.41. The number of carbonyl (C=O) groups excluding carboxylic acids is 1. The lowest BCUT2D eigenvalue weighted by molar-refractivity contribution is 0.0845. The van der Waals surface area contributed by atoms with E-state index in [0.717, 1.165) is 62.3 Å². The lowest BCUT2D eigenvalue weighted by Gasteiger charge is -2.22. The molecule has 1 atom stereocenters. The van der Waals surface area contributed by atoms with E-state index in [2.05, 4.69) is 39.8 Å². The second-order valence-electron chi connectivity index (χ2n) is 9.41. The van der Waals surface area contributed by atoms with E-state index >= 15 is 0 Å². The van der Waals surface area contributed by atoms with E-state index < -0.39 is 0 Å². The van der Waals surface area contributed by atoms with Crippen molar-refractivity contribution >= 4 is 11.5 Å². The van der Waals surface area contributed by atoms with Gasteiger partial charge in [-0.2, -0.15) is 5.10 Å². The summed E-state index contributed by atoms with van der Waals surface area (Å²) in [6.07, 6.45) is 12.2. The molecule has 5 rings (SSSR count). The lowest BCUT2D eigenvalue weighted by Crippen LogP contribution is -2.26. The van der Waals surface area contributed by atoms with Crippen LogP contribution in [0.4, 0.5) is 0 Å². The highest BCUT2D eigenvalue weighted by molar-refractivity contribution is 5.93. The predicted molar refractivity (Wildman–Crippen MR) is 138 cm³/mol. The van der Waals surface area contributed by atoms with Gasteiger partial charge in [0.2, 0.25) is 0 Å². The Kier molecular flexibility index (Phi) is 7.57. The van der Waals surface area contributed by atoms with Gasteiger partial charge in [0.05, 0.1) is 29.8 Å². The third-order valence-corrected chi connectivity index (χ3v) is 6.92. The van der Waals surface area contributed by atoms with Crippen molar-refractivity contribution in [2.45, 2.75) is 51.0 Å². The van der Waals surface area contributed by atoms with E-state index in [1.807, 2.05) is 37.5 Å². The first kappa shape index (κ1) is 24.0. The number of allylic oxidation sites excluding steroid dienone is 3. The molecule has 1 aromatic carbocycles. The molecule has 0 unspecified atom stereocenters. The molecule has 0 radical (unpaired) electrons. The Hall–Kier alpha value is -3.71. The molecule has 1 aliphatic carbocycles. The van der Waals surface area contributed by atoms with Crippen molar-refractivity contribution in [1.29, 1.82) is 0 Å². The number of hydrogen-bond acceptors (Lipinski definition) is 5. The number of aromatic nitrogens is 3. The van der Waals surface area contributed by atoms with Crippen molar-refractivity contribution in [3.8, 4) is 5.75 Å². The van der Waals surface area contributed by atoms with Crippen molar-refractivity contribution in [2.75, 3.05) is 13.2 Å². The van der Waals surface area contributed by atoms with Crippen LogP contribution in [0.1, 0.15) is 78.3 Å². The quantitative estimate of drug-likeness (QED) is 0.419. The maximum absolute atomic E-state index is 12.2. The Bertz CT molecular complexity index is 1230. The molecule has 7 heteroatoms. The van der Waals surface area contributed by atoms with E-state index in [1.165, 1.54) is 23.0 Å². The molecule has 0 saturated carbocycles. The summed E-state index contributed by atoms with van der Waals surface area (Å²) >= 11 is 0. The van der Waals surface area contributed by atoms with Gasteiger partial charge in [-0.25, -0.2) is 0 Å². The van der Waals surface area contributed by atoms with Crippen molar-refractivity contribution in [1.82, 2.24) is 20.5 Å². The van der Waals surface area contributed by atoms with Gasteiger partial charge in [0.15, 0.2) is 0 Å². The van der Waals surface area contributed by atoms with Crippen LogP contribution in [0, 0.1) is 0 Å². The first-order valence-electron chi connectivity index (χ1n) is 12.6. The molecule has 2 N–H and O–H groups in total. The fourth-order valence-electron chi connectivity index (χ4n) is 4.67. The van der Waals surface area contributed by atoms with Gasteiger partial charge >= 0.3 is 0 Å². The smallest absolute Gasteiger partial charge is 0.254 e. The third-order valence-electron chi connectivity index (χ3n) is 6.92. The van der Waals surface area contributed by atoms with Crippen LogP contribution < -0.4 is 10.1 Å². The van der Waals surface area contributed by atoms with Gasteiger partial charge in [0, 0.05) is 31.0 Å². The fraction of sp³-hybridized carbons (Fsp3) is 0.345. The van der Waals surface area contributed by atoms with Gasteiger partial charge < -0.3 is 14.8 Å². The molecule has 1 amide bonds. The van der Waals surface area contributed by atoms with E-state index in [0.29, 0.717) is 11.5 Å². The summed E-state index contributed by atoms with van der Waals surface area (Å²) in [4.78, 5) is 17.2. The topological polar surface area (TPSA) is 89.1 Å². The number of aromatic amines is 1. The van der Waals surface area contributed by atoms with Crippen LogP contribution in [0.5, 0.6) is 5.75 Å². The summed E-state index contributed by atoms with van der Waals surface area (Å²) in [5.41, 5.74) is 6.40. The second kappa shape index (κ2) is 11.4. The SMILES string of the molecule is C[C@H](NC(=O)c1cn[nH]c1)c1ccc(O/C=C2/CC=C(c3cccc(C4CCOCC4)n3)CC2)cc1. The average Bonchev–Trinajstić information content (AvgIpc) is 3.49. The molecular weight excluding hydrogens is 452 g/mol. The Balaban J connectivity index is 1.15. The molecule has 36 heavy (non-hydrogen) atoms. The average molecular weight is 485 g/mol. The number of benzene rings is 1. The number of rotatable bonds is 7. The zero-order chi connectivity index (χ0) is 24.7. The van der Waals surface area contributed by atoms with Gasteiger partial charge in [0.25, 0.3) is 5.91 Å². The van der Waals surface area contributed by atoms with Gasteiger partial charge in [-0.15, -0.1) is 0 Å². The summed E-state index contributed by atoms with van der Waals surface area (Å²) in [5.74, 6) is 1.13. The van der Waals surface area contributed by atoms with E-state index in [1.54, 1.807) is 6.20 Å². The highest BCUT2D eigenvalue weighted by atomic mass is 16.5. The highest BCUT2D eigenvalue weighted by Crippen LogP contribution is 2.31. The molecule has 3 aromatic rings. The molecule has 1 saturated heterocycles. The summed E-state index contributed by atoms with van der Waals surface area (Å²) in [7, 11) is 0. The van der Waals surface area contributed by atoms with Crippen molar-refractivity contribution in [2.24, 2.45) is 0 Å². The van der Waals surface area contributed by atoms with E-state index in [9.17, 15) is 4.79 Å². The van der Waals surface area contributed by atoms with Crippen LogP contribution >= 0.6 is 0 Å². The minimum absolute atomic E-state index is 0.125. The number of carbonyl (C=O) groups is 1. The summed E-state index contributed by atoms with van der Waals surface area (Å²) < 4.78 is 11.4. The molecule has 7 nitrogen and oxygen atoms in total. The molecule has 2 aliphatic rings. The van der Waals surface area contributed by atoms with Gasteiger partial charge in [-0.3, -0.25) is 14.9 Å². The molecule has 3 heterocycles. The summed E-state index contributed by atoms with van der Waals surface area (Å²) in [6, 6.07) is 14.1. The van der Waals surface area contributed by atoms with Crippen LogP contribution in [0.2, 0.25) is 0 Å². The minimum atomic E-state index is -0.156. The summed E-state index contributed by atoms with van der Waals surface area (Å²) in [6.45, 7) is 3.62. The fourth-order valence-corrected chi connectivity index (χ4v) is 4.67. The van der Waals surface area contributed by atoms with Crippen LogP contribution in [0.15, 0.2) is 72.8 Å². The van der Waals surface area contributed by atoms with Crippen molar-refractivity contribution in [3.05, 3.63) is 95.3 Å².